The number of hydrogen-bond acceptors (Lipinski definition) is 2. The predicted octanol–water partition coefficient (Wildman–Crippen LogP) is 6.51. The van der Waals surface area contributed by atoms with Gasteiger partial charge in [-0.2, -0.15) is 0 Å². The van der Waals surface area contributed by atoms with E-state index in [2.05, 4.69) is 61.2 Å². The van der Waals surface area contributed by atoms with Crippen LogP contribution in [0.25, 0.3) is 11.1 Å². The van der Waals surface area contributed by atoms with Crippen LogP contribution in [0, 0.1) is 0 Å². The molecule has 0 heterocycles. The van der Waals surface area contributed by atoms with E-state index in [0.717, 1.165) is 10.6 Å². The van der Waals surface area contributed by atoms with E-state index in [1.807, 2.05) is 57.2 Å². The minimum absolute atomic E-state index is 0.127. The number of hydrogen-bond donors (Lipinski definition) is 1. The highest BCUT2D eigenvalue weighted by atomic mass is 32.1. The van der Waals surface area contributed by atoms with Crippen LogP contribution in [0.15, 0.2) is 89.8 Å². The van der Waals surface area contributed by atoms with Crippen molar-refractivity contribution in [1.29, 1.82) is 0 Å². The van der Waals surface area contributed by atoms with Crippen LogP contribution in [0.1, 0.15) is 20.8 Å². The second-order valence-electron chi connectivity index (χ2n) is 6.44. The molecule has 2 heteroatoms. The van der Waals surface area contributed by atoms with Gasteiger partial charge >= 0.3 is 0 Å². The molecule has 24 heavy (non-hydrogen) atoms. The highest BCUT2D eigenvalue weighted by molar-refractivity contribution is 7.80. The van der Waals surface area contributed by atoms with E-state index in [4.69, 9.17) is 4.74 Å². The minimum atomic E-state index is -0.127. The summed E-state index contributed by atoms with van der Waals surface area (Å²) in [6.45, 7) is 6.09. The largest absolute Gasteiger partial charge is 0.488 e. The van der Waals surface area contributed by atoms with Crippen LogP contribution < -0.4 is 4.74 Å². The SMILES string of the molecule is CC(C)(C)Oc1ccc(S)cc1.c1ccc(-c2ccccc2)cc1. The van der Waals surface area contributed by atoms with Gasteiger partial charge in [-0.1, -0.05) is 60.7 Å². The summed E-state index contributed by atoms with van der Waals surface area (Å²) in [5.74, 6) is 0.889. The molecular weight excluding hydrogens is 312 g/mol. The molecule has 0 amide bonds. The molecule has 0 atom stereocenters. The van der Waals surface area contributed by atoms with Crippen molar-refractivity contribution >= 4 is 12.6 Å². The van der Waals surface area contributed by atoms with Gasteiger partial charge in [0, 0.05) is 4.90 Å². The van der Waals surface area contributed by atoms with Crippen molar-refractivity contribution < 1.29 is 4.74 Å². The predicted molar refractivity (Wildman–Crippen MR) is 106 cm³/mol. The second-order valence-corrected chi connectivity index (χ2v) is 6.96. The van der Waals surface area contributed by atoms with Crippen LogP contribution >= 0.6 is 12.6 Å². The summed E-state index contributed by atoms with van der Waals surface area (Å²) in [6, 6.07) is 28.5. The lowest BCUT2D eigenvalue weighted by atomic mass is 10.1. The molecule has 0 unspecified atom stereocenters. The number of ether oxygens (including phenoxy) is 1. The van der Waals surface area contributed by atoms with Crippen LogP contribution in [0.2, 0.25) is 0 Å². The topological polar surface area (TPSA) is 9.23 Å². The third kappa shape index (κ3) is 6.51. The molecule has 0 aromatic heterocycles. The Morgan fingerprint density at radius 1 is 0.625 bits per heavy atom. The monoisotopic (exact) mass is 336 g/mol. The Morgan fingerprint density at radius 2 is 1.04 bits per heavy atom. The Labute approximate surface area is 150 Å². The molecular formula is C22H24OS. The molecule has 0 bridgehead atoms. The Kier molecular flexibility index (Phi) is 6.51. The van der Waals surface area contributed by atoms with Gasteiger partial charge in [-0.15, -0.1) is 12.6 Å². The molecule has 0 N–H and O–H groups in total. The molecule has 0 fully saturated rings. The normalized spacial score (nSPS) is 10.5. The van der Waals surface area contributed by atoms with Gasteiger partial charge in [-0.05, 0) is 56.2 Å². The first-order valence-corrected chi connectivity index (χ1v) is 8.47. The highest BCUT2D eigenvalue weighted by Crippen LogP contribution is 2.19. The molecule has 0 saturated carbocycles. The van der Waals surface area contributed by atoms with Gasteiger partial charge in [0.15, 0.2) is 0 Å². The average Bonchev–Trinajstić information content (AvgIpc) is 2.58. The minimum Gasteiger partial charge on any atom is -0.488 e. The van der Waals surface area contributed by atoms with Gasteiger partial charge < -0.3 is 4.74 Å². The summed E-state index contributed by atoms with van der Waals surface area (Å²) in [5.41, 5.74) is 2.43. The van der Waals surface area contributed by atoms with Gasteiger partial charge in [0.2, 0.25) is 0 Å². The lowest BCUT2D eigenvalue weighted by Crippen LogP contribution is -2.22. The zero-order valence-electron chi connectivity index (χ0n) is 14.4. The zero-order valence-corrected chi connectivity index (χ0v) is 15.3. The highest BCUT2D eigenvalue weighted by Gasteiger charge is 2.10. The molecule has 0 aliphatic rings. The zero-order chi connectivity index (χ0) is 17.4. The molecule has 0 spiro atoms. The number of benzene rings is 3. The summed E-state index contributed by atoms with van der Waals surface area (Å²) < 4.78 is 5.62. The van der Waals surface area contributed by atoms with Gasteiger partial charge in [0.05, 0.1) is 0 Å². The van der Waals surface area contributed by atoms with Crippen molar-refractivity contribution in [2.24, 2.45) is 0 Å². The van der Waals surface area contributed by atoms with Crippen molar-refractivity contribution in [3.63, 3.8) is 0 Å². The summed E-state index contributed by atoms with van der Waals surface area (Å²) >= 11 is 4.19. The molecule has 3 rings (SSSR count). The molecule has 3 aromatic carbocycles. The van der Waals surface area contributed by atoms with E-state index < -0.39 is 0 Å². The van der Waals surface area contributed by atoms with Gasteiger partial charge in [-0.3, -0.25) is 0 Å². The van der Waals surface area contributed by atoms with E-state index in [1.165, 1.54) is 11.1 Å². The van der Waals surface area contributed by atoms with Crippen molar-refractivity contribution in [3.8, 4) is 16.9 Å². The second kappa shape index (κ2) is 8.60. The fourth-order valence-corrected chi connectivity index (χ4v) is 2.28. The van der Waals surface area contributed by atoms with Crippen molar-refractivity contribution in [2.75, 3.05) is 0 Å². The first kappa shape index (κ1) is 18.2. The van der Waals surface area contributed by atoms with Crippen molar-refractivity contribution in [2.45, 2.75) is 31.3 Å². The number of rotatable bonds is 2. The third-order valence-corrected chi connectivity index (χ3v) is 3.44. The van der Waals surface area contributed by atoms with Crippen LogP contribution in [0.3, 0.4) is 0 Å². The quantitative estimate of drug-likeness (QED) is 0.525. The third-order valence-electron chi connectivity index (χ3n) is 3.14. The summed E-state index contributed by atoms with van der Waals surface area (Å²) in [6.07, 6.45) is 0. The van der Waals surface area contributed by atoms with Crippen LogP contribution in [-0.2, 0) is 0 Å². The van der Waals surface area contributed by atoms with E-state index >= 15 is 0 Å². The first-order valence-electron chi connectivity index (χ1n) is 8.02. The Hall–Kier alpha value is -2.19. The average molecular weight is 336 g/mol. The molecule has 0 aliphatic heterocycles. The Balaban J connectivity index is 0.000000174. The maximum Gasteiger partial charge on any atom is 0.120 e. The summed E-state index contributed by atoms with van der Waals surface area (Å²) in [5, 5.41) is 0. The standard InChI is InChI=1S/C12H10.C10H14OS/c1-3-7-11(8-4-1)12-9-5-2-6-10-12;1-10(2,3)11-8-4-6-9(12)7-5-8/h1-10H;4-7,12H,1-3H3. The molecule has 124 valence electrons. The van der Waals surface area contributed by atoms with Gasteiger partial charge in [0.25, 0.3) is 0 Å². The molecule has 1 nitrogen and oxygen atoms in total. The van der Waals surface area contributed by atoms with Crippen molar-refractivity contribution in [1.82, 2.24) is 0 Å². The summed E-state index contributed by atoms with van der Waals surface area (Å²) in [4.78, 5) is 0.955. The fraction of sp³-hybridized carbons (Fsp3) is 0.182. The van der Waals surface area contributed by atoms with Gasteiger partial charge in [-0.25, -0.2) is 0 Å². The molecule has 0 aliphatic carbocycles. The maximum absolute atomic E-state index is 5.62. The molecule has 0 saturated heterocycles. The van der Waals surface area contributed by atoms with Crippen LogP contribution in [0.4, 0.5) is 0 Å². The van der Waals surface area contributed by atoms with Gasteiger partial charge in [0.1, 0.15) is 11.4 Å². The first-order chi connectivity index (χ1) is 11.4. The molecule has 0 radical (unpaired) electrons. The van der Waals surface area contributed by atoms with Crippen LogP contribution in [-0.4, -0.2) is 5.60 Å². The van der Waals surface area contributed by atoms with E-state index in [-0.39, 0.29) is 5.60 Å². The van der Waals surface area contributed by atoms with Crippen LogP contribution in [0.5, 0.6) is 5.75 Å². The molecule has 3 aromatic rings. The fourth-order valence-electron chi connectivity index (χ4n) is 2.13. The smallest absolute Gasteiger partial charge is 0.120 e. The van der Waals surface area contributed by atoms with E-state index in [9.17, 15) is 0 Å². The lowest BCUT2D eigenvalue weighted by molar-refractivity contribution is 0.131. The maximum atomic E-state index is 5.62. The Bertz CT molecular complexity index is 676. The van der Waals surface area contributed by atoms with E-state index in [1.54, 1.807) is 0 Å². The summed E-state index contributed by atoms with van der Waals surface area (Å²) in [7, 11) is 0. The Morgan fingerprint density at radius 3 is 1.42 bits per heavy atom. The number of thiol groups is 1. The van der Waals surface area contributed by atoms with E-state index in [0.29, 0.717) is 0 Å². The van der Waals surface area contributed by atoms with Crippen molar-refractivity contribution in [3.05, 3.63) is 84.9 Å². The lowest BCUT2D eigenvalue weighted by Gasteiger charge is -2.21.